The molecule has 0 bridgehead atoms. The Morgan fingerprint density at radius 2 is 2.00 bits per heavy atom. The molecule has 3 rings (SSSR count). The van der Waals surface area contributed by atoms with Gasteiger partial charge < -0.3 is 5.32 Å². The van der Waals surface area contributed by atoms with Gasteiger partial charge in [-0.15, -0.1) is 5.10 Å². The molecule has 0 saturated heterocycles. The van der Waals surface area contributed by atoms with Crippen molar-refractivity contribution in [2.45, 2.75) is 51.6 Å². The van der Waals surface area contributed by atoms with Gasteiger partial charge in [-0.3, -0.25) is 0 Å². The molecule has 1 aromatic carbocycles. The molecule has 5 heteroatoms. The monoisotopic (exact) mass is 271 g/mol. The van der Waals surface area contributed by atoms with E-state index in [1.807, 2.05) is 10.7 Å². The van der Waals surface area contributed by atoms with Crippen molar-refractivity contribution in [3.8, 4) is 5.69 Å². The molecule has 1 aliphatic rings. The minimum Gasteiger partial charge on any atom is -0.307 e. The van der Waals surface area contributed by atoms with E-state index in [2.05, 4.69) is 59.8 Å². The van der Waals surface area contributed by atoms with Crippen molar-refractivity contribution >= 4 is 0 Å². The van der Waals surface area contributed by atoms with Crippen molar-refractivity contribution in [1.82, 2.24) is 25.5 Å². The number of benzene rings is 1. The van der Waals surface area contributed by atoms with Gasteiger partial charge in [0, 0.05) is 6.04 Å². The Morgan fingerprint density at radius 1 is 1.25 bits per heavy atom. The smallest absolute Gasteiger partial charge is 0.170 e. The lowest BCUT2D eigenvalue weighted by Gasteiger charge is -2.22. The summed E-state index contributed by atoms with van der Waals surface area (Å²) in [5.41, 5.74) is 2.38. The summed E-state index contributed by atoms with van der Waals surface area (Å²) in [6, 6.07) is 8.98. The van der Waals surface area contributed by atoms with Gasteiger partial charge in [-0.1, -0.05) is 39.0 Å². The molecule has 1 aromatic heterocycles. The number of rotatable bonds is 4. The van der Waals surface area contributed by atoms with Gasteiger partial charge in [0.05, 0.1) is 12.2 Å². The first-order chi connectivity index (χ1) is 9.55. The largest absolute Gasteiger partial charge is 0.307 e. The molecule has 5 nitrogen and oxygen atoms in total. The van der Waals surface area contributed by atoms with Crippen molar-refractivity contribution in [2.75, 3.05) is 0 Å². The van der Waals surface area contributed by atoms with E-state index in [0.717, 1.165) is 18.1 Å². The first kappa shape index (κ1) is 13.2. The van der Waals surface area contributed by atoms with Crippen molar-refractivity contribution in [1.29, 1.82) is 0 Å². The standard InChI is InChI=1S/C15H21N5/c1-15(2,3)12-6-4-5-7-13(12)20-14(17-18-19-20)10-16-11-8-9-11/h4-7,11,16H,8-10H2,1-3H3. The van der Waals surface area contributed by atoms with Gasteiger partial charge in [0.2, 0.25) is 0 Å². The third kappa shape index (κ3) is 2.72. The highest BCUT2D eigenvalue weighted by molar-refractivity contribution is 5.44. The van der Waals surface area contributed by atoms with Gasteiger partial charge in [-0.25, -0.2) is 0 Å². The average Bonchev–Trinajstić information content (AvgIpc) is 3.12. The molecule has 20 heavy (non-hydrogen) atoms. The highest BCUT2D eigenvalue weighted by Gasteiger charge is 2.23. The Hall–Kier alpha value is -1.75. The number of nitrogens with one attached hydrogen (secondary N) is 1. The van der Waals surface area contributed by atoms with Crippen LogP contribution in [0.25, 0.3) is 5.69 Å². The quantitative estimate of drug-likeness (QED) is 0.926. The molecular formula is C15H21N5. The molecule has 1 saturated carbocycles. The average molecular weight is 271 g/mol. The second-order valence-electron chi connectivity index (χ2n) is 6.43. The molecule has 1 N–H and O–H groups in total. The van der Waals surface area contributed by atoms with Crippen molar-refractivity contribution < 1.29 is 0 Å². The van der Waals surface area contributed by atoms with Gasteiger partial charge in [0.1, 0.15) is 0 Å². The predicted octanol–water partition coefficient (Wildman–Crippen LogP) is 2.21. The third-order valence-corrected chi connectivity index (χ3v) is 3.60. The number of hydrogen-bond acceptors (Lipinski definition) is 4. The SMILES string of the molecule is CC(C)(C)c1ccccc1-n1nnnc1CNC1CC1. The van der Waals surface area contributed by atoms with Gasteiger partial charge in [0.15, 0.2) is 5.82 Å². The van der Waals surface area contributed by atoms with E-state index >= 15 is 0 Å². The van der Waals surface area contributed by atoms with Crippen LogP contribution >= 0.6 is 0 Å². The van der Waals surface area contributed by atoms with Gasteiger partial charge in [-0.2, -0.15) is 4.68 Å². The molecule has 0 amide bonds. The fourth-order valence-corrected chi connectivity index (χ4v) is 2.32. The van der Waals surface area contributed by atoms with Gasteiger partial charge in [0.25, 0.3) is 0 Å². The molecule has 0 unspecified atom stereocenters. The van der Waals surface area contributed by atoms with Crippen LogP contribution < -0.4 is 5.32 Å². The lowest BCUT2D eigenvalue weighted by Crippen LogP contribution is -2.21. The molecule has 0 aliphatic heterocycles. The molecule has 2 aromatic rings. The predicted molar refractivity (Wildman–Crippen MR) is 77.7 cm³/mol. The summed E-state index contributed by atoms with van der Waals surface area (Å²) in [5, 5.41) is 15.6. The summed E-state index contributed by atoms with van der Waals surface area (Å²) in [6.07, 6.45) is 2.53. The molecule has 0 spiro atoms. The summed E-state index contributed by atoms with van der Waals surface area (Å²) in [6.45, 7) is 7.34. The van der Waals surface area contributed by atoms with Crippen LogP contribution in [-0.2, 0) is 12.0 Å². The number of tetrazole rings is 1. The van der Waals surface area contributed by atoms with Gasteiger partial charge >= 0.3 is 0 Å². The molecule has 1 aliphatic carbocycles. The maximum Gasteiger partial charge on any atom is 0.170 e. The molecule has 0 radical (unpaired) electrons. The number of para-hydroxylation sites is 1. The zero-order valence-corrected chi connectivity index (χ0v) is 12.3. The Labute approximate surface area is 119 Å². The van der Waals surface area contributed by atoms with E-state index in [0.29, 0.717) is 6.04 Å². The van der Waals surface area contributed by atoms with Gasteiger partial charge in [-0.05, 0) is 40.3 Å². The molecule has 1 heterocycles. The summed E-state index contributed by atoms with van der Waals surface area (Å²) < 4.78 is 1.86. The van der Waals surface area contributed by atoms with Crippen molar-refractivity contribution in [2.24, 2.45) is 0 Å². The summed E-state index contributed by atoms with van der Waals surface area (Å²) in [4.78, 5) is 0. The van der Waals surface area contributed by atoms with Crippen LogP contribution in [0.1, 0.15) is 45.0 Å². The second kappa shape index (κ2) is 4.98. The summed E-state index contributed by atoms with van der Waals surface area (Å²) >= 11 is 0. The third-order valence-electron chi connectivity index (χ3n) is 3.60. The highest BCUT2D eigenvalue weighted by atomic mass is 15.5. The zero-order chi connectivity index (χ0) is 14.2. The number of hydrogen-bond donors (Lipinski definition) is 1. The molecule has 106 valence electrons. The lowest BCUT2D eigenvalue weighted by atomic mass is 9.86. The minimum atomic E-state index is 0.0593. The highest BCUT2D eigenvalue weighted by Crippen LogP contribution is 2.28. The van der Waals surface area contributed by atoms with Crippen LogP contribution in [-0.4, -0.2) is 26.2 Å². The first-order valence-corrected chi connectivity index (χ1v) is 7.16. The van der Waals surface area contributed by atoms with E-state index in [1.165, 1.54) is 18.4 Å². The Morgan fingerprint density at radius 3 is 2.70 bits per heavy atom. The molecule has 1 fully saturated rings. The van der Waals surface area contributed by atoms with E-state index in [1.54, 1.807) is 0 Å². The van der Waals surface area contributed by atoms with Crippen LogP contribution in [0.2, 0.25) is 0 Å². The van der Waals surface area contributed by atoms with Crippen LogP contribution in [0.5, 0.6) is 0 Å². The van der Waals surface area contributed by atoms with Crippen LogP contribution in [0, 0.1) is 0 Å². The van der Waals surface area contributed by atoms with Crippen LogP contribution in [0.4, 0.5) is 0 Å². The molecule has 0 atom stereocenters. The Kier molecular flexibility index (Phi) is 3.30. The normalized spacial score (nSPS) is 15.6. The maximum absolute atomic E-state index is 4.17. The van der Waals surface area contributed by atoms with Crippen LogP contribution in [0.3, 0.4) is 0 Å². The number of aromatic nitrogens is 4. The van der Waals surface area contributed by atoms with E-state index in [4.69, 9.17) is 0 Å². The zero-order valence-electron chi connectivity index (χ0n) is 12.3. The van der Waals surface area contributed by atoms with E-state index in [9.17, 15) is 0 Å². The minimum absolute atomic E-state index is 0.0593. The Bertz CT molecular complexity index is 592. The summed E-state index contributed by atoms with van der Waals surface area (Å²) in [5.74, 6) is 0.869. The second-order valence-corrected chi connectivity index (χ2v) is 6.43. The number of nitrogens with zero attached hydrogens (tertiary/aromatic N) is 4. The first-order valence-electron chi connectivity index (χ1n) is 7.16. The molecular weight excluding hydrogens is 250 g/mol. The maximum atomic E-state index is 4.17. The topological polar surface area (TPSA) is 55.6 Å². The van der Waals surface area contributed by atoms with Crippen molar-refractivity contribution in [3.05, 3.63) is 35.7 Å². The lowest BCUT2D eigenvalue weighted by molar-refractivity contribution is 0.576. The van der Waals surface area contributed by atoms with E-state index < -0.39 is 0 Å². The fourth-order valence-electron chi connectivity index (χ4n) is 2.32. The fraction of sp³-hybridized carbons (Fsp3) is 0.533. The Balaban J connectivity index is 1.94. The summed E-state index contributed by atoms with van der Waals surface area (Å²) in [7, 11) is 0. The van der Waals surface area contributed by atoms with Crippen molar-refractivity contribution in [3.63, 3.8) is 0 Å². The van der Waals surface area contributed by atoms with Crippen LogP contribution in [0.15, 0.2) is 24.3 Å². The van der Waals surface area contributed by atoms with E-state index in [-0.39, 0.29) is 5.41 Å².